The van der Waals surface area contributed by atoms with Crippen molar-refractivity contribution in [3.05, 3.63) is 71.7 Å². The molecule has 2 aliphatic heterocycles. The third-order valence-electron chi connectivity index (χ3n) is 6.03. The van der Waals surface area contributed by atoms with Gasteiger partial charge in [-0.15, -0.1) is 0 Å². The number of aromatic nitrogens is 1. The largest absolute Gasteiger partial charge is 0.445 e. The quantitative estimate of drug-likeness (QED) is 0.637. The number of benzene rings is 2. The molecule has 4 atom stereocenters. The summed E-state index contributed by atoms with van der Waals surface area (Å²) in [5.41, 5.74) is 2.65. The molecule has 29 heavy (non-hydrogen) atoms. The van der Waals surface area contributed by atoms with Crippen molar-refractivity contribution in [1.29, 1.82) is 0 Å². The van der Waals surface area contributed by atoms with Crippen LogP contribution in [0.5, 0.6) is 0 Å². The van der Waals surface area contributed by atoms with Crippen molar-refractivity contribution in [2.45, 2.75) is 30.7 Å². The third-order valence-corrected chi connectivity index (χ3v) is 6.03. The molecule has 2 fully saturated rings. The Kier molecular flexibility index (Phi) is 4.49. The fraction of sp³-hybridized carbons (Fsp3) is 0.318. The molecule has 3 N–H and O–H groups in total. The van der Waals surface area contributed by atoms with Crippen LogP contribution in [0.4, 0.5) is 9.18 Å². The van der Waals surface area contributed by atoms with E-state index in [1.165, 1.54) is 12.1 Å². The zero-order chi connectivity index (χ0) is 20.0. The molecule has 2 aliphatic rings. The first-order valence-corrected chi connectivity index (χ1v) is 9.77. The zero-order valence-corrected chi connectivity index (χ0v) is 15.7. The Labute approximate surface area is 167 Å². The topological polar surface area (TPSA) is 77.6 Å². The monoisotopic (exact) mass is 395 g/mol. The Balaban J connectivity index is 1.40. The first kappa shape index (κ1) is 18.1. The van der Waals surface area contributed by atoms with Gasteiger partial charge in [0.05, 0.1) is 12.1 Å². The predicted octanol–water partition coefficient (Wildman–Crippen LogP) is 2.74. The second-order valence-corrected chi connectivity index (χ2v) is 7.72. The number of hydrogen-bond acceptors (Lipinski definition) is 4. The molecule has 2 saturated heterocycles. The van der Waals surface area contributed by atoms with E-state index in [0.29, 0.717) is 13.1 Å². The number of H-pyrrole nitrogens is 1. The SMILES string of the molecule is O=C(OCc1ccccc1)N1CC(c2c[nH]c3cc(F)ccc23)C2NCC(O)C21. The lowest BCUT2D eigenvalue weighted by Gasteiger charge is -2.25. The minimum atomic E-state index is -0.656. The van der Waals surface area contributed by atoms with Gasteiger partial charge in [-0.1, -0.05) is 30.3 Å². The molecule has 1 amide bonds. The molecule has 6 nitrogen and oxygen atoms in total. The lowest BCUT2D eigenvalue weighted by atomic mass is 9.91. The summed E-state index contributed by atoms with van der Waals surface area (Å²) >= 11 is 0. The van der Waals surface area contributed by atoms with Crippen molar-refractivity contribution >= 4 is 17.0 Å². The van der Waals surface area contributed by atoms with Gasteiger partial charge < -0.3 is 25.0 Å². The second-order valence-electron chi connectivity index (χ2n) is 7.72. The van der Waals surface area contributed by atoms with Crippen LogP contribution in [-0.4, -0.2) is 52.4 Å². The maximum atomic E-state index is 13.5. The van der Waals surface area contributed by atoms with Gasteiger partial charge >= 0.3 is 6.09 Å². The summed E-state index contributed by atoms with van der Waals surface area (Å²) < 4.78 is 19.1. The molecular weight excluding hydrogens is 373 g/mol. The van der Waals surface area contributed by atoms with Crippen LogP contribution in [0.2, 0.25) is 0 Å². The van der Waals surface area contributed by atoms with Crippen molar-refractivity contribution in [3.63, 3.8) is 0 Å². The van der Waals surface area contributed by atoms with Gasteiger partial charge in [0.25, 0.3) is 0 Å². The predicted molar refractivity (Wildman–Crippen MR) is 106 cm³/mol. The Hall–Kier alpha value is -2.90. The Bertz CT molecular complexity index is 1040. The molecule has 0 aliphatic carbocycles. The van der Waals surface area contributed by atoms with E-state index in [1.54, 1.807) is 11.0 Å². The number of aliphatic hydroxyl groups excluding tert-OH is 1. The number of carbonyl (C=O) groups is 1. The average molecular weight is 395 g/mol. The molecule has 4 unspecified atom stereocenters. The van der Waals surface area contributed by atoms with E-state index in [4.69, 9.17) is 4.74 Å². The lowest BCUT2D eigenvalue weighted by molar-refractivity contribution is 0.0609. The van der Waals surface area contributed by atoms with Crippen LogP contribution in [0.1, 0.15) is 17.0 Å². The van der Waals surface area contributed by atoms with Gasteiger partial charge in [-0.3, -0.25) is 0 Å². The number of fused-ring (bicyclic) bond motifs is 2. The summed E-state index contributed by atoms with van der Waals surface area (Å²) in [4.78, 5) is 17.6. The van der Waals surface area contributed by atoms with Gasteiger partial charge in [-0.05, 0) is 29.3 Å². The van der Waals surface area contributed by atoms with Crippen molar-refractivity contribution in [3.8, 4) is 0 Å². The smallest absolute Gasteiger partial charge is 0.410 e. The Morgan fingerprint density at radius 3 is 2.90 bits per heavy atom. The van der Waals surface area contributed by atoms with Crippen molar-refractivity contribution in [1.82, 2.24) is 15.2 Å². The highest BCUT2D eigenvalue weighted by molar-refractivity contribution is 5.84. The zero-order valence-electron chi connectivity index (χ0n) is 15.7. The van der Waals surface area contributed by atoms with Gasteiger partial charge in [0, 0.05) is 42.1 Å². The fourth-order valence-corrected chi connectivity index (χ4v) is 4.68. The van der Waals surface area contributed by atoms with Crippen LogP contribution >= 0.6 is 0 Å². The molecule has 0 saturated carbocycles. The van der Waals surface area contributed by atoms with E-state index in [0.717, 1.165) is 22.0 Å². The van der Waals surface area contributed by atoms with Gasteiger partial charge in [0.15, 0.2) is 0 Å². The number of nitrogens with zero attached hydrogens (tertiary/aromatic N) is 1. The van der Waals surface area contributed by atoms with Gasteiger partial charge in [0.1, 0.15) is 12.4 Å². The maximum absolute atomic E-state index is 13.5. The van der Waals surface area contributed by atoms with Crippen LogP contribution in [0.15, 0.2) is 54.7 Å². The summed E-state index contributed by atoms with van der Waals surface area (Å²) in [6.45, 7) is 1.04. The highest BCUT2D eigenvalue weighted by atomic mass is 19.1. The van der Waals surface area contributed by atoms with E-state index in [-0.39, 0.29) is 30.4 Å². The minimum Gasteiger partial charge on any atom is -0.445 e. The Morgan fingerprint density at radius 1 is 1.24 bits per heavy atom. The highest BCUT2D eigenvalue weighted by Gasteiger charge is 2.52. The number of aromatic amines is 1. The molecular formula is C22H22FN3O3. The normalized spacial score (nSPS) is 26.1. The standard InChI is InChI=1S/C22H22FN3O3/c23-14-6-7-15-16(9-24-18(15)8-14)17-11-26(21-19(27)10-25-20(17)21)22(28)29-12-13-4-2-1-3-5-13/h1-9,17,19-21,24-25,27H,10-12H2. The van der Waals surface area contributed by atoms with Crippen LogP contribution in [0.3, 0.4) is 0 Å². The number of β-amino-alcohol motifs (C(OH)–C–C–N with tert-alkyl or cyclic N) is 1. The number of ether oxygens (including phenoxy) is 1. The fourth-order valence-electron chi connectivity index (χ4n) is 4.68. The van der Waals surface area contributed by atoms with Gasteiger partial charge in [-0.2, -0.15) is 0 Å². The molecule has 0 radical (unpaired) electrons. The number of hydrogen-bond donors (Lipinski definition) is 3. The van der Waals surface area contributed by atoms with Gasteiger partial charge in [-0.25, -0.2) is 9.18 Å². The van der Waals surface area contributed by atoms with E-state index in [2.05, 4.69) is 10.3 Å². The summed E-state index contributed by atoms with van der Waals surface area (Å²) in [7, 11) is 0. The first-order chi connectivity index (χ1) is 14.1. The average Bonchev–Trinajstić information content (AvgIpc) is 3.41. The van der Waals surface area contributed by atoms with E-state index >= 15 is 0 Å². The molecule has 5 rings (SSSR count). The number of amides is 1. The van der Waals surface area contributed by atoms with Crippen LogP contribution in [-0.2, 0) is 11.3 Å². The lowest BCUT2D eigenvalue weighted by Crippen LogP contribution is -2.44. The highest BCUT2D eigenvalue weighted by Crippen LogP contribution is 2.39. The summed E-state index contributed by atoms with van der Waals surface area (Å²) in [6, 6.07) is 13.7. The molecule has 1 aromatic heterocycles. The van der Waals surface area contributed by atoms with Crippen molar-refractivity contribution in [2.75, 3.05) is 13.1 Å². The van der Waals surface area contributed by atoms with E-state index < -0.39 is 12.2 Å². The molecule has 3 heterocycles. The third kappa shape index (κ3) is 3.16. The summed E-state index contributed by atoms with van der Waals surface area (Å²) in [5, 5.41) is 14.8. The number of nitrogens with one attached hydrogen (secondary N) is 2. The van der Waals surface area contributed by atoms with Crippen LogP contribution < -0.4 is 5.32 Å². The van der Waals surface area contributed by atoms with Crippen molar-refractivity contribution < 1.29 is 19.0 Å². The summed E-state index contributed by atoms with van der Waals surface area (Å²) in [5.74, 6) is -0.323. The summed E-state index contributed by atoms with van der Waals surface area (Å²) in [6.07, 6.45) is 0.786. The number of rotatable bonds is 3. The maximum Gasteiger partial charge on any atom is 0.410 e. The van der Waals surface area contributed by atoms with E-state index in [9.17, 15) is 14.3 Å². The molecule has 0 spiro atoms. The molecule has 2 aromatic carbocycles. The molecule has 0 bridgehead atoms. The number of carbonyl (C=O) groups excluding carboxylic acids is 1. The van der Waals surface area contributed by atoms with Crippen LogP contribution in [0, 0.1) is 5.82 Å². The molecule has 7 heteroatoms. The minimum absolute atomic E-state index is 0.0272. The van der Waals surface area contributed by atoms with Crippen LogP contribution in [0.25, 0.3) is 10.9 Å². The number of halogens is 1. The molecule has 3 aromatic rings. The molecule has 150 valence electrons. The van der Waals surface area contributed by atoms with Gasteiger partial charge in [0.2, 0.25) is 0 Å². The number of likely N-dealkylation sites (tertiary alicyclic amines) is 1. The first-order valence-electron chi connectivity index (χ1n) is 9.77. The van der Waals surface area contributed by atoms with Crippen molar-refractivity contribution in [2.24, 2.45) is 0 Å². The number of aliphatic hydroxyl groups is 1. The Morgan fingerprint density at radius 2 is 2.07 bits per heavy atom. The second kappa shape index (κ2) is 7.17. The van der Waals surface area contributed by atoms with E-state index in [1.807, 2.05) is 36.5 Å².